The van der Waals surface area contributed by atoms with Gasteiger partial charge in [0.2, 0.25) is 0 Å². The summed E-state index contributed by atoms with van der Waals surface area (Å²) in [7, 11) is 1.39. The van der Waals surface area contributed by atoms with Gasteiger partial charge >= 0.3 is 5.97 Å². The van der Waals surface area contributed by atoms with Crippen molar-refractivity contribution in [3.05, 3.63) is 100 Å². The molecule has 6 nitrogen and oxygen atoms in total. The van der Waals surface area contributed by atoms with E-state index in [0.29, 0.717) is 41.9 Å². The Labute approximate surface area is 209 Å². The van der Waals surface area contributed by atoms with Crippen LogP contribution in [0.2, 0.25) is 0 Å². The number of ether oxygens (including phenoxy) is 2. The lowest BCUT2D eigenvalue weighted by Crippen LogP contribution is -2.24. The van der Waals surface area contributed by atoms with Crippen molar-refractivity contribution in [3.8, 4) is 28.9 Å². The minimum atomic E-state index is -0.979. The lowest BCUT2D eigenvalue weighted by Gasteiger charge is -2.10. The average Bonchev–Trinajstić information content (AvgIpc) is 2.90. The number of rotatable bonds is 9. The van der Waals surface area contributed by atoms with Crippen molar-refractivity contribution in [1.82, 2.24) is 0 Å². The monoisotopic (exact) mass is 482 g/mol. The van der Waals surface area contributed by atoms with Gasteiger partial charge in [-0.15, -0.1) is 0 Å². The molecule has 1 atom stereocenters. The molecule has 182 valence electrons. The number of methoxy groups -OCH3 is 1. The molecule has 1 unspecified atom stereocenters. The van der Waals surface area contributed by atoms with Crippen molar-refractivity contribution in [2.45, 2.75) is 25.4 Å². The van der Waals surface area contributed by atoms with Crippen molar-refractivity contribution in [2.75, 3.05) is 13.7 Å². The van der Waals surface area contributed by atoms with Gasteiger partial charge in [0.15, 0.2) is 11.5 Å². The lowest BCUT2D eigenvalue weighted by atomic mass is 10.1. The lowest BCUT2D eigenvalue weighted by molar-refractivity contribution is -0.148. The van der Waals surface area contributed by atoms with Gasteiger partial charge in [-0.3, -0.25) is 4.79 Å². The van der Waals surface area contributed by atoms with Crippen LogP contribution in [-0.2, 0) is 16.0 Å². The second-order valence-electron chi connectivity index (χ2n) is 8.22. The van der Waals surface area contributed by atoms with Crippen LogP contribution in [0.3, 0.4) is 0 Å². The molecule has 4 aromatic rings. The minimum absolute atomic E-state index is 0.113. The SMILES string of the molecule is COC(Cc1ccc(C#CCCCOc2ccc3oc(-c4ccccc4)cc(=O)c3c2)cc1)C(=O)O. The molecular formula is C30H26O6. The molecule has 6 heteroatoms. The smallest absolute Gasteiger partial charge is 0.333 e. The van der Waals surface area contributed by atoms with E-state index in [4.69, 9.17) is 19.0 Å². The zero-order valence-electron chi connectivity index (χ0n) is 19.9. The first kappa shape index (κ1) is 24.8. The summed E-state index contributed by atoms with van der Waals surface area (Å²) in [6.45, 7) is 0.472. The van der Waals surface area contributed by atoms with Crippen molar-refractivity contribution in [2.24, 2.45) is 0 Å². The molecule has 1 N–H and O–H groups in total. The minimum Gasteiger partial charge on any atom is -0.494 e. The Morgan fingerprint density at radius 1 is 1.03 bits per heavy atom. The van der Waals surface area contributed by atoms with E-state index in [1.54, 1.807) is 18.2 Å². The van der Waals surface area contributed by atoms with E-state index in [2.05, 4.69) is 11.8 Å². The molecule has 0 aliphatic heterocycles. The number of unbranched alkanes of at least 4 members (excludes halogenated alkanes) is 1. The van der Waals surface area contributed by atoms with Crippen LogP contribution in [-0.4, -0.2) is 30.9 Å². The van der Waals surface area contributed by atoms with Gasteiger partial charge in [-0.25, -0.2) is 4.79 Å². The molecule has 0 fully saturated rings. The Balaban J connectivity index is 1.28. The van der Waals surface area contributed by atoms with Gasteiger partial charge in [-0.1, -0.05) is 54.3 Å². The zero-order chi connectivity index (χ0) is 25.3. The van der Waals surface area contributed by atoms with Crippen LogP contribution in [0.25, 0.3) is 22.3 Å². The predicted molar refractivity (Wildman–Crippen MR) is 138 cm³/mol. The highest BCUT2D eigenvalue weighted by molar-refractivity contribution is 5.80. The summed E-state index contributed by atoms with van der Waals surface area (Å²) >= 11 is 0. The standard InChI is InChI=1S/C30H26O6/c1-34-29(30(32)33)18-22-13-11-21(12-14-22)8-4-3-7-17-35-24-15-16-27-25(19-24)26(31)20-28(36-27)23-9-5-2-6-10-23/h2,5-6,9-16,19-20,29H,3,7,17-18H2,1H3,(H,32,33). The molecule has 0 amide bonds. The van der Waals surface area contributed by atoms with Crippen LogP contribution >= 0.6 is 0 Å². The van der Waals surface area contributed by atoms with Gasteiger partial charge in [0.1, 0.15) is 17.1 Å². The highest BCUT2D eigenvalue weighted by Crippen LogP contribution is 2.24. The molecule has 1 heterocycles. The third-order valence-corrected chi connectivity index (χ3v) is 5.64. The molecule has 36 heavy (non-hydrogen) atoms. The molecule has 0 aliphatic rings. The number of hydrogen-bond donors (Lipinski definition) is 1. The Hall–Kier alpha value is -4.34. The summed E-state index contributed by atoms with van der Waals surface area (Å²) in [6.07, 6.45) is 0.842. The molecule has 0 radical (unpaired) electrons. The second-order valence-corrected chi connectivity index (χ2v) is 8.22. The zero-order valence-corrected chi connectivity index (χ0v) is 19.9. The van der Waals surface area contributed by atoms with E-state index >= 15 is 0 Å². The van der Waals surface area contributed by atoms with E-state index in [1.165, 1.54) is 13.2 Å². The van der Waals surface area contributed by atoms with E-state index in [1.807, 2.05) is 54.6 Å². The van der Waals surface area contributed by atoms with Gasteiger partial charge in [-0.2, -0.15) is 0 Å². The predicted octanol–water partition coefficient (Wildman–Crippen LogP) is 5.31. The van der Waals surface area contributed by atoms with Crippen LogP contribution in [0, 0.1) is 11.8 Å². The van der Waals surface area contributed by atoms with Crippen molar-refractivity contribution in [1.29, 1.82) is 0 Å². The van der Waals surface area contributed by atoms with Gasteiger partial charge < -0.3 is 19.0 Å². The Morgan fingerprint density at radius 2 is 1.81 bits per heavy atom. The van der Waals surface area contributed by atoms with Crippen molar-refractivity contribution < 1.29 is 23.8 Å². The third kappa shape index (κ3) is 6.41. The number of fused-ring (bicyclic) bond motifs is 1. The fraction of sp³-hybridized carbons (Fsp3) is 0.200. The summed E-state index contributed by atoms with van der Waals surface area (Å²) in [6, 6.07) is 23.8. The van der Waals surface area contributed by atoms with E-state index < -0.39 is 12.1 Å². The highest BCUT2D eigenvalue weighted by Gasteiger charge is 2.16. The number of carboxylic acids is 1. The van der Waals surface area contributed by atoms with Gasteiger partial charge in [0.25, 0.3) is 0 Å². The number of carbonyl (C=O) groups is 1. The van der Waals surface area contributed by atoms with E-state index in [0.717, 1.165) is 23.1 Å². The number of hydrogen-bond acceptors (Lipinski definition) is 5. The van der Waals surface area contributed by atoms with Crippen LogP contribution in [0.1, 0.15) is 24.0 Å². The second kappa shape index (κ2) is 11.9. The van der Waals surface area contributed by atoms with Crippen molar-refractivity contribution in [3.63, 3.8) is 0 Å². The molecule has 0 spiro atoms. The highest BCUT2D eigenvalue weighted by atomic mass is 16.5. The summed E-state index contributed by atoms with van der Waals surface area (Å²) in [4.78, 5) is 23.7. The molecule has 0 aliphatic carbocycles. The summed E-state index contributed by atoms with van der Waals surface area (Å²) in [5, 5.41) is 9.56. The Kier molecular flexibility index (Phi) is 8.17. The first-order valence-corrected chi connectivity index (χ1v) is 11.6. The van der Waals surface area contributed by atoms with Gasteiger partial charge in [0, 0.05) is 37.1 Å². The fourth-order valence-corrected chi connectivity index (χ4v) is 3.69. The van der Waals surface area contributed by atoms with Crippen molar-refractivity contribution >= 4 is 16.9 Å². The van der Waals surface area contributed by atoms with Crippen LogP contribution < -0.4 is 10.2 Å². The third-order valence-electron chi connectivity index (χ3n) is 5.64. The quantitative estimate of drug-likeness (QED) is 0.257. The van der Waals surface area contributed by atoms with E-state index in [-0.39, 0.29) is 5.43 Å². The van der Waals surface area contributed by atoms with E-state index in [9.17, 15) is 9.59 Å². The fourth-order valence-electron chi connectivity index (χ4n) is 3.69. The Bertz CT molecular complexity index is 1440. The maximum Gasteiger partial charge on any atom is 0.333 e. The summed E-state index contributed by atoms with van der Waals surface area (Å²) in [5.74, 6) is 6.40. The maximum absolute atomic E-state index is 12.6. The van der Waals surface area contributed by atoms with Crippen LogP contribution in [0.4, 0.5) is 0 Å². The normalized spacial score (nSPS) is 11.5. The molecule has 0 saturated heterocycles. The average molecular weight is 483 g/mol. The first-order chi connectivity index (χ1) is 17.5. The molecule has 0 saturated carbocycles. The molecular weight excluding hydrogens is 456 g/mol. The number of carboxylic acid groups (broad SMARTS) is 1. The maximum atomic E-state index is 12.6. The summed E-state index contributed by atoms with van der Waals surface area (Å²) in [5.41, 5.74) is 3.00. The summed E-state index contributed by atoms with van der Waals surface area (Å²) < 4.78 is 16.7. The molecule has 3 aromatic carbocycles. The first-order valence-electron chi connectivity index (χ1n) is 11.6. The molecule has 1 aromatic heterocycles. The molecule has 0 bridgehead atoms. The largest absolute Gasteiger partial charge is 0.494 e. The van der Waals surface area contributed by atoms with Gasteiger partial charge in [0.05, 0.1) is 12.0 Å². The van der Waals surface area contributed by atoms with Gasteiger partial charge in [-0.05, 0) is 42.3 Å². The number of benzene rings is 3. The molecule has 4 rings (SSSR count). The Morgan fingerprint density at radius 3 is 2.53 bits per heavy atom. The topological polar surface area (TPSA) is 86.0 Å². The van der Waals surface area contributed by atoms with Crippen LogP contribution in [0.15, 0.2) is 88.1 Å². The number of aliphatic carboxylic acids is 1. The van der Waals surface area contributed by atoms with Crippen LogP contribution in [0.5, 0.6) is 5.75 Å².